The number of ether oxygens (including phenoxy) is 1. The summed E-state index contributed by atoms with van der Waals surface area (Å²) in [6, 6.07) is 0. The van der Waals surface area contributed by atoms with Gasteiger partial charge in [0.1, 0.15) is 6.10 Å². The summed E-state index contributed by atoms with van der Waals surface area (Å²) in [4.78, 5) is 11.9. The molecule has 2 saturated carbocycles. The Kier molecular flexibility index (Phi) is 3.75. The lowest BCUT2D eigenvalue weighted by atomic mass is 9.70. The first-order valence-electron chi connectivity index (χ1n) is 7.61. The number of esters is 1. The van der Waals surface area contributed by atoms with Gasteiger partial charge in [0.05, 0.1) is 0 Å². The van der Waals surface area contributed by atoms with E-state index >= 15 is 0 Å². The molecular weight excluding hydrogens is 224 g/mol. The summed E-state index contributed by atoms with van der Waals surface area (Å²) in [7, 11) is 0. The summed E-state index contributed by atoms with van der Waals surface area (Å²) >= 11 is 0. The molecule has 2 nitrogen and oxygen atoms in total. The molecule has 2 rings (SSSR count). The van der Waals surface area contributed by atoms with E-state index in [-0.39, 0.29) is 17.5 Å². The summed E-state index contributed by atoms with van der Waals surface area (Å²) in [6.45, 7) is 9.19. The lowest BCUT2D eigenvalue weighted by molar-refractivity contribution is -0.157. The van der Waals surface area contributed by atoms with Crippen LogP contribution in [0.3, 0.4) is 0 Å². The second kappa shape index (κ2) is 4.86. The van der Waals surface area contributed by atoms with E-state index in [0.717, 1.165) is 31.6 Å². The van der Waals surface area contributed by atoms with E-state index in [1.54, 1.807) is 0 Å². The molecule has 104 valence electrons. The van der Waals surface area contributed by atoms with Crippen molar-refractivity contribution in [2.75, 3.05) is 0 Å². The summed E-state index contributed by atoms with van der Waals surface area (Å²) in [5.41, 5.74) is 0.541. The van der Waals surface area contributed by atoms with Gasteiger partial charge in [-0.25, -0.2) is 0 Å². The van der Waals surface area contributed by atoms with Gasteiger partial charge in [-0.15, -0.1) is 0 Å². The number of hydrogen-bond acceptors (Lipinski definition) is 2. The minimum Gasteiger partial charge on any atom is -0.462 e. The smallest absolute Gasteiger partial charge is 0.306 e. The first kappa shape index (κ1) is 13.9. The van der Waals surface area contributed by atoms with Gasteiger partial charge in [0.15, 0.2) is 0 Å². The van der Waals surface area contributed by atoms with Crippen LogP contribution in [-0.2, 0) is 9.53 Å². The Balaban J connectivity index is 1.90. The van der Waals surface area contributed by atoms with Gasteiger partial charge >= 0.3 is 5.97 Å². The Morgan fingerprint density at radius 2 is 2.00 bits per heavy atom. The first-order chi connectivity index (χ1) is 8.41. The van der Waals surface area contributed by atoms with E-state index in [2.05, 4.69) is 27.7 Å². The van der Waals surface area contributed by atoms with Crippen LogP contribution in [0, 0.1) is 16.7 Å². The Labute approximate surface area is 111 Å². The number of unbranched alkanes of at least 4 members (excludes halogenated alkanes) is 2. The second-order valence-corrected chi connectivity index (χ2v) is 7.05. The lowest BCUT2D eigenvalue weighted by Crippen LogP contribution is -2.38. The maximum atomic E-state index is 11.9. The van der Waals surface area contributed by atoms with Crippen molar-refractivity contribution in [3.63, 3.8) is 0 Å². The van der Waals surface area contributed by atoms with Crippen LogP contribution in [0.1, 0.15) is 72.6 Å². The molecule has 0 radical (unpaired) electrons. The van der Waals surface area contributed by atoms with Crippen LogP contribution < -0.4 is 0 Å². The van der Waals surface area contributed by atoms with Gasteiger partial charge in [0.2, 0.25) is 0 Å². The number of rotatable bonds is 5. The van der Waals surface area contributed by atoms with Gasteiger partial charge in [-0.2, -0.15) is 0 Å². The van der Waals surface area contributed by atoms with Crippen molar-refractivity contribution < 1.29 is 9.53 Å². The van der Waals surface area contributed by atoms with Gasteiger partial charge in [-0.3, -0.25) is 4.79 Å². The van der Waals surface area contributed by atoms with Crippen LogP contribution in [0.2, 0.25) is 0 Å². The third-order valence-corrected chi connectivity index (χ3v) is 5.97. The van der Waals surface area contributed by atoms with Crippen LogP contribution in [0.15, 0.2) is 0 Å². The molecule has 2 aliphatic rings. The highest BCUT2D eigenvalue weighted by atomic mass is 16.5. The van der Waals surface area contributed by atoms with Crippen LogP contribution in [0.5, 0.6) is 0 Å². The zero-order valence-electron chi connectivity index (χ0n) is 12.4. The SMILES string of the molecule is CCCCCC(=O)OC1C[C@H]2CC[C@@]1(C)C2(C)C. The molecule has 3 atom stereocenters. The molecule has 0 N–H and O–H groups in total. The molecule has 2 fully saturated rings. The molecule has 0 aromatic rings. The summed E-state index contributed by atoms with van der Waals surface area (Å²) in [5.74, 6) is 0.772. The molecule has 0 amide bonds. The molecule has 18 heavy (non-hydrogen) atoms. The van der Waals surface area contributed by atoms with Crippen molar-refractivity contribution in [3.8, 4) is 0 Å². The zero-order valence-corrected chi connectivity index (χ0v) is 12.4. The maximum Gasteiger partial charge on any atom is 0.306 e. The number of hydrogen-bond donors (Lipinski definition) is 0. The third kappa shape index (κ3) is 2.08. The highest BCUT2D eigenvalue weighted by molar-refractivity contribution is 5.69. The molecule has 0 spiro atoms. The van der Waals surface area contributed by atoms with E-state index in [4.69, 9.17) is 4.74 Å². The van der Waals surface area contributed by atoms with Crippen LogP contribution in [-0.4, -0.2) is 12.1 Å². The molecular formula is C16H28O2. The Morgan fingerprint density at radius 1 is 1.28 bits per heavy atom. The van der Waals surface area contributed by atoms with Gasteiger partial charge in [0.25, 0.3) is 0 Å². The number of fused-ring (bicyclic) bond motifs is 2. The lowest BCUT2D eigenvalue weighted by Gasteiger charge is -2.38. The quantitative estimate of drug-likeness (QED) is 0.538. The molecule has 0 aromatic heterocycles. The molecule has 0 aromatic carbocycles. The van der Waals surface area contributed by atoms with Crippen molar-refractivity contribution in [3.05, 3.63) is 0 Å². The van der Waals surface area contributed by atoms with E-state index in [1.807, 2.05) is 0 Å². The second-order valence-electron chi connectivity index (χ2n) is 7.05. The Hall–Kier alpha value is -0.530. The van der Waals surface area contributed by atoms with Gasteiger partial charge in [-0.1, -0.05) is 40.5 Å². The minimum absolute atomic E-state index is 0.0259. The number of carbonyl (C=O) groups is 1. The molecule has 2 heteroatoms. The van der Waals surface area contributed by atoms with E-state index < -0.39 is 0 Å². The van der Waals surface area contributed by atoms with Crippen LogP contribution in [0.25, 0.3) is 0 Å². The van der Waals surface area contributed by atoms with Crippen molar-refractivity contribution in [2.24, 2.45) is 16.7 Å². The molecule has 2 bridgehead atoms. The summed E-state index contributed by atoms with van der Waals surface area (Å²) in [5, 5.41) is 0. The fraction of sp³-hybridized carbons (Fsp3) is 0.938. The largest absolute Gasteiger partial charge is 0.462 e. The topological polar surface area (TPSA) is 26.3 Å². The van der Waals surface area contributed by atoms with E-state index in [1.165, 1.54) is 12.8 Å². The number of carbonyl (C=O) groups excluding carboxylic acids is 1. The highest BCUT2D eigenvalue weighted by Gasteiger charge is 2.62. The molecule has 0 heterocycles. The van der Waals surface area contributed by atoms with Gasteiger partial charge in [-0.05, 0) is 37.0 Å². The van der Waals surface area contributed by atoms with E-state index in [0.29, 0.717) is 11.8 Å². The predicted octanol–water partition coefficient (Wildman–Crippen LogP) is 4.32. The van der Waals surface area contributed by atoms with Gasteiger partial charge < -0.3 is 4.74 Å². The first-order valence-corrected chi connectivity index (χ1v) is 7.61. The van der Waals surface area contributed by atoms with E-state index in [9.17, 15) is 4.79 Å². The maximum absolute atomic E-state index is 11.9. The Bertz CT molecular complexity index is 321. The van der Waals surface area contributed by atoms with Crippen molar-refractivity contribution in [1.82, 2.24) is 0 Å². The molecule has 2 aliphatic carbocycles. The summed E-state index contributed by atoms with van der Waals surface area (Å²) < 4.78 is 5.79. The Morgan fingerprint density at radius 3 is 2.50 bits per heavy atom. The predicted molar refractivity (Wildman–Crippen MR) is 73.3 cm³/mol. The molecule has 0 saturated heterocycles. The van der Waals surface area contributed by atoms with Crippen LogP contribution >= 0.6 is 0 Å². The normalized spacial score (nSPS) is 36.9. The average Bonchev–Trinajstić information content (AvgIpc) is 2.62. The molecule has 1 unspecified atom stereocenters. The van der Waals surface area contributed by atoms with Crippen molar-refractivity contribution in [2.45, 2.75) is 78.7 Å². The zero-order chi connectivity index (χ0) is 13.4. The minimum atomic E-state index is 0.0259. The highest BCUT2D eigenvalue weighted by Crippen LogP contribution is 2.66. The van der Waals surface area contributed by atoms with Crippen molar-refractivity contribution in [1.29, 1.82) is 0 Å². The fourth-order valence-corrected chi connectivity index (χ4v) is 4.05. The third-order valence-electron chi connectivity index (χ3n) is 5.97. The van der Waals surface area contributed by atoms with Crippen molar-refractivity contribution >= 4 is 5.97 Å². The van der Waals surface area contributed by atoms with Crippen LogP contribution in [0.4, 0.5) is 0 Å². The summed E-state index contributed by atoms with van der Waals surface area (Å²) in [6.07, 6.45) is 7.65. The van der Waals surface area contributed by atoms with Gasteiger partial charge in [0, 0.05) is 11.8 Å². The molecule has 0 aliphatic heterocycles. The standard InChI is InChI=1S/C16H28O2/c1-5-6-7-8-14(17)18-13-11-12-9-10-16(13,4)15(12,2)3/h12-13H,5-11H2,1-4H3/t12-,13?,16-/m1/s1. The monoisotopic (exact) mass is 252 g/mol. The average molecular weight is 252 g/mol. The fourth-order valence-electron chi connectivity index (χ4n) is 4.05.